The SMILES string of the molecule is CCCCCCOC(=O)CCCC(C)Cc1cc(O)c(C(C)(C)CCCC(=O)OC)cc1O. The van der Waals surface area contributed by atoms with Crippen LogP contribution in [0.1, 0.15) is 103 Å². The van der Waals surface area contributed by atoms with Crippen LogP contribution in [0.5, 0.6) is 11.5 Å². The summed E-state index contributed by atoms with van der Waals surface area (Å²) in [5.74, 6) is 0.193. The van der Waals surface area contributed by atoms with E-state index in [1.165, 1.54) is 13.5 Å². The summed E-state index contributed by atoms with van der Waals surface area (Å²) in [6, 6.07) is 3.29. The number of hydrogen-bond acceptors (Lipinski definition) is 6. The van der Waals surface area contributed by atoms with Crippen LogP contribution in [0, 0.1) is 5.92 Å². The number of phenolic OH excluding ortho intramolecular Hbond substituents is 2. The van der Waals surface area contributed by atoms with Gasteiger partial charge in [0.05, 0.1) is 13.7 Å². The number of carbonyl (C=O) groups excluding carboxylic acids is 2. The fourth-order valence-corrected chi connectivity index (χ4v) is 4.10. The Hall–Kier alpha value is -2.24. The van der Waals surface area contributed by atoms with Crippen LogP contribution in [0.25, 0.3) is 0 Å². The summed E-state index contributed by atoms with van der Waals surface area (Å²) in [5.41, 5.74) is 0.979. The van der Waals surface area contributed by atoms with E-state index in [1.807, 2.05) is 13.8 Å². The van der Waals surface area contributed by atoms with Crippen molar-refractivity contribution in [2.75, 3.05) is 13.7 Å². The molecule has 0 radical (unpaired) electrons. The highest BCUT2D eigenvalue weighted by molar-refractivity contribution is 5.69. The summed E-state index contributed by atoms with van der Waals surface area (Å²) in [5, 5.41) is 21.2. The molecule has 1 atom stereocenters. The van der Waals surface area contributed by atoms with E-state index in [1.54, 1.807) is 12.1 Å². The average molecular weight is 465 g/mol. The fraction of sp³-hybridized carbons (Fsp3) is 0.704. The number of aromatic hydroxyl groups is 2. The predicted octanol–water partition coefficient (Wildman–Crippen LogP) is 6.19. The Morgan fingerprint density at radius 3 is 2.33 bits per heavy atom. The van der Waals surface area contributed by atoms with E-state index >= 15 is 0 Å². The molecule has 6 heteroatoms. The Kier molecular flexibility index (Phi) is 12.9. The van der Waals surface area contributed by atoms with Gasteiger partial charge in [-0.1, -0.05) is 47.0 Å². The molecule has 0 saturated heterocycles. The molecule has 0 bridgehead atoms. The van der Waals surface area contributed by atoms with Gasteiger partial charge in [0.15, 0.2) is 0 Å². The molecule has 0 heterocycles. The zero-order valence-electron chi connectivity index (χ0n) is 21.2. The number of benzene rings is 1. The number of carbonyl (C=O) groups is 2. The average Bonchev–Trinajstić information content (AvgIpc) is 2.75. The number of phenols is 2. The highest BCUT2D eigenvalue weighted by atomic mass is 16.5. The van der Waals surface area contributed by atoms with Crippen molar-refractivity contribution in [3.05, 3.63) is 23.3 Å². The van der Waals surface area contributed by atoms with Crippen molar-refractivity contribution >= 4 is 11.9 Å². The summed E-state index contributed by atoms with van der Waals surface area (Å²) in [4.78, 5) is 23.2. The minimum absolute atomic E-state index is 0.141. The van der Waals surface area contributed by atoms with E-state index in [0.29, 0.717) is 49.8 Å². The number of unbranched alkanes of at least 4 members (excludes halogenated alkanes) is 3. The van der Waals surface area contributed by atoms with Crippen LogP contribution in [0.2, 0.25) is 0 Å². The van der Waals surface area contributed by atoms with Crippen LogP contribution in [-0.4, -0.2) is 35.9 Å². The molecule has 0 saturated carbocycles. The summed E-state index contributed by atoms with van der Waals surface area (Å²) in [7, 11) is 1.37. The van der Waals surface area contributed by atoms with Crippen molar-refractivity contribution in [1.82, 2.24) is 0 Å². The smallest absolute Gasteiger partial charge is 0.305 e. The molecular weight excluding hydrogens is 420 g/mol. The molecule has 0 spiro atoms. The lowest BCUT2D eigenvalue weighted by Crippen LogP contribution is -2.18. The maximum atomic E-state index is 11.9. The molecule has 0 aliphatic carbocycles. The van der Waals surface area contributed by atoms with Crippen molar-refractivity contribution in [2.24, 2.45) is 5.92 Å². The lowest BCUT2D eigenvalue weighted by molar-refractivity contribution is -0.144. The zero-order chi connectivity index (χ0) is 24.9. The molecule has 2 N–H and O–H groups in total. The molecular formula is C27H44O6. The minimum Gasteiger partial charge on any atom is -0.508 e. The molecule has 1 aromatic carbocycles. The van der Waals surface area contributed by atoms with Crippen molar-refractivity contribution in [3.63, 3.8) is 0 Å². The van der Waals surface area contributed by atoms with Gasteiger partial charge in [-0.25, -0.2) is 0 Å². The number of methoxy groups -OCH3 is 1. The van der Waals surface area contributed by atoms with E-state index in [0.717, 1.165) is 32.1 Å². The first-order chi connectivity index (χ1) is 15.6. The second-order valence-corrected chi connectivity index (χ2v) is 9.79. The van der Waals surface area contributed by atoms with Gasteiger partial charge in [-0.2, -0.15) is 0 Å². The van der Waals surface area contributed by atoms with Gasteiger partial charge in [-0.05, 0) is 67.6 Å². The van der Waals surface area contributed by atoms with Crippen LogP contribution in [0.15, 0.2) is 12.1 Å². The topological polar surface area (TPSA) is 93.1 Å². The van der Waals surface area contributed by atoms with E-state index in [4.69, 9.17) is 4.74 Å². The number of rotatable bonds is 16. The first-order valence-electron chi connectivity index (χ1n) is 12.4. The standard InChI is InChI=1S/C27H44O6/c1-6-7-8-9-16-33-26(31)13-10-12-20(2)17-21-18-24(29)22(19-23(21)28)27(3,4)15-11-14-25(30)32-5/h18-20,28-29H,6-17H2,1-5H3. The second kappa shape index (κ2) is 14.8. The molecule has 0 amide bonds. The number of hydrogen-bond donors (Lipinski definition) is 2. The molecule has 33 heavy (non-hydrogen) atoms. The lowest BCUT2D eigenvalue weighted by Gasteiger charge is -2.27. The van der Waals surface area contributed by atoms with Gasteiger partial charge >= 0.3 is 11.9 Å². The van der Waals surface area contributed by atoms with Gasteiger partial charge in [0.1, 0.15) is 11.5 Å². The van der Waals surface area contributed by atoms with Crippen molar-refractivity contribution in [1.29, 1.82) is 0 Å². The molecule has 0 aliphatic rings. The largest absolute Gasteiger partial charge is 0.508 e. The third kappa shape index (κ3) is 11.0. The Morgan fingerprint density at radius 2 is 1.67 bits per heavy atom. The van der Waals surface area contributed by atoms with Crippen LogP contribution < -0.4 is 0 Å². The van der Waals surface area contributed by atoms with Gasteiger partial charge < -0.3 is 19.7 Å². The summed E-state index contributed by atoms with van der Waals surface area (Å²) >= 11 is 0. The van der Waals surface area contributed by atoms with E-state index < -0.39 is 5.41 Å². The van der Waals surface area contributed by atoms with Crippen LogP contribution in [-0.2, 0) is 30.9 Å². The number of esters is 2. The molecule has 188 valence electrons. The zero-order valence-corrected chi connectivity index (χ0v) is 21.2. The van der Waals surface area contributed by atoms with Crippen molar-refractivity contribution < 1.29 is 29.3 Å². The Balaban J connectivity index is 2.53. The molecule has 0 fully saturated rings. The summed E-state index contributed by atoms with van der Waals surface area (Å²) < 4.78 is 9.96. The minimum atomic E-state index is -0.392. The summed E-state index contributed by atoms with van der Waals surface area (Å²) in [6.45, 7) is 8.72. The van der Waals surface area contributed by atoms with Crippen LogP contribution in [0.3, 0.4) is 0 Å². The monoisotopic (exact) mass is 464 g/mol. The Morgan fingerprint density at radius 1 is 0.970 bits per heavy atom. The second-order valence-electron chi connectivity index (χ2n) is 9.79. The molecule has 0 aromatic heterocycles. The van der Waals surface area contributed by atoms with Gasteiger partial charge in [-0.3, -0.25) is 9.59 Å². The molecule has 6 nitrogen and oxygen atoms in total. The Labute approximate surface area is 199 Å². The van der Waals surface area contributed by atoms with Crippen molar-refractivity contribution in [2.45, 2.75) is 104 Å². The van der Waals surface area contributed by atoms with Gasteiger partial charge in [-0.15, -0.1) is 0 Å². The molecule has 1 aromatic rings. The predicted molar refractivity (Wildman–Crippen MR) is 130 cm³/mol. The Bertz CT molecular complexity index is 740. The van der Waals surface area contributed by atoms with E-state index in [-0.39, 0.29) is 29.4 Å². The van der Waals surface area contributed by atoms with Crippen molar-refractivity contribution in [3.8, 4) is 11.5 Å². The lowest BCUT2D eigenvalue weighted by atomic mass is 9.78. The maximum absolute atomic E-state index is 11.9. The third-order valence-corrected chi connectivity index (χ3v) is 6.24. The maximum Gasteiger partial charge on any atom is 0.305 e. The van der Waals surface area contributed by atoms with Gasteiger partial charge in [0.25, 0.3) is 0 Å². The first kappa shape index (κ1) is 28.8. The molecule has 1 unspecified atom stereocenters. The van der Waals surface area contributed by atoms with E-state index in [2.05, 4.69) is 18.6 Å². The van der Waals surface area contributed by atoms with Crippen LogP contribution in [0.4, 0.5) is 0 Å². The highest BCUT2D eigenvalue weighted by Crippen LogP contribution is 2.39. The first-order valence-corrected chi connectivity index (χ1v) is 12.4. The van der Waals surface area contributed by atoms with Crippen LogP contribution >= 0.6 is 0 Å². The number of ether oxygens (including phenoxy) is 2. The normalized spacial score (nSPS) is 12.4. The third-order valence-electron chi connectivity index (χ3n) is 6.24. The highest BCUT2D eigenvalue weighted by Gasteiger charge is 2.26. The summed E-state index contributed by atoms with van der Waals surface area (Å²) in [6.07, 6.45) is 8.62. The van der Waals surface area contributed by atoms with E-state index in [9.17, 15) is 19.8 Å². The van der Waals surface area contributed by atoms with Gasteiger partial charge in [0.2, 0.25) is 0 Å². The fourth-order valence-electron chi connectivity index (χ4n) is 4.10. The molecule has 1 rings (SSSR count). The van der Waals surface area contributed by atoms with Gasteiger partial charge in [0, 0.05) is 18.4 Å². The molecule has 0 aliphatic heterocycles. The quantitative estimate of drug-likeness (QED) is 0.172.